The molecule has 1 aromatic carbocycles. The van der Waals surface area contributed by atoms with E-state index in [1.165, 1.54) is 0 Å². The molecule has 1 heterocycles. The number of benzene rings is 1. The van der Waals surface area contributed by atoms with Gasteiger partial charge in [0, 0.05) is 7.05 Å². The monoisotopic (exact) mass is 276 g/mol. The van der Waals surface area contributed by atoms with Gasteiger partial charge in [0.05, 0.1) is 12.1 Å². The van der Waals surface area contributed by atoms with Crippen LogP contribution in [0.4, 0.5) is 0 Å². The number of carbonyl (C=O) groups excluding carboxylic acids is 1. The summed E-state index contributed by atoms with van der Waals surface area (Å²) in [5.74, 6) is 1.03. The second-order valence-electron chi connectivity index (χ2n) is 5.57. The smallest absolute Gasteiger partial charge is 0.243 e. The molecule has 2 atom stereocenters. The fourth-order valence-corrected chi connectivity index (χ4v) is 2.49. The van der Waals surface area contributed by atoms with E-state index in [9.17, 15) is 4.79 Å². The Kier molecular flexibility index (Phi) is 4.33. The van der Waals surface area contributed by atoms with Crippen molar-refractivity contribution in [1.29, 1.82) is 0 Å². The van der Waals surface area contributed by atoms with Gasteiger partial charge in [0.15, 0.2) is 0 Å². The van der Waals surface area contributed by atoms with Gasteiger partial charge in [0.2, 0.25) is 5.91 Å². The van der Waals surface area contributed by atoms with E-state index in [0.717, 1.165) is 30.8 Å². The third-order valence-electron chi connectivity index (χ3n) is 4.01. The van der Waals surface area contributed by atoms with Gasteiger partial charge in [-0.15, -0.1) is 0 Å². The Bertz CT molecular complexity index is 472. The molecule has 4 nitrogen and oxygen atoms in total. The quantitative estimate of drug-likeness (QED) is 0.899. The normalized spacial score (nSPS) is 26.1. The van der Waals surface area contributed by atoms with E-state index in [4.69, 9.17) is 4.74 Å². The van der Waals surface area contributed by atoms with Gasteiger partial charge in [0.1, 0.15) is 11.9 Å². The highest BCUT2D eigenvalue weighted by molar-refractivity contribution is 5.88. The van der Waals surface area contributed by atoms with Crippen molar-refractivity contribution in [3.8, 4) is 5.75 Å². The van der Waals surface area contributed by atoms with Crippen molar-refractivity contribution in [2.24, 2.45) is 0 Å². The van der Waals surface area contributed by atoms with Crippen LogP contribution in [0.5, 0.6) is 5.75 Å². The minimum atomic E-state index is -0.462. The Morgan fingerprint density at radius 1 is 1.30 bits per heavy atom. The fraction of sp³-hybridized carbons (Fsp3) is 0.562. The van der Waals surface area contributed by atoms with Gasteiger partial charge in [-0.3, -0.25) is 10.1 Å². The first kappa shape index (κ1) is 14.9. The van der Waals surface area contributed by atoms with Crippen LogP contribution in [0, 0.1) is 0 Å². The molecule has 2 unspecified atom stereocenters. The first-order chi connectivity index (χ1) is 9.51. The third-order valence-corrected chi connectivity index (χ3v) is 4.01. The lowest BCUT2D eigenvalue weighted by atomic mass is 9.99. The highest BCUT2D eigenvalue weighted by Crippen LogP contribution is 2.31. The first-order valence-corrected chi connectivity index (χ1v) is 7.29. The van der Waals surface area contributed by atoms with E-state index in [1.807, 2.05) is 45.2 Å². The molecule has 4 heteroatoms. The number of rotatable bonds is 5. The Labute approximate surface area is 121 Å². The van der Waals surface area contributed by atoms with Gasteiger partial charge in [0.25, 0.3) is 0 Å². The maximum Gasteiger partial charge on any atom is 0.243 e. The van der Waals surface area contributed by atoms with Crippen LogP contribution in [0.15, 0.2) is 24.3 Å². The zero-order chi connectivity index (χ0) is 14.8. The first-order valence-electron chi connectivity index (χ1n) is 7.29. The summed E-state index contributed by atoms with van der Waals surface area (Å²) < 4.78 is 5.58. The number of ether oxygens (including phenoxy) is 1. The zero-order valence-corrected chi connectivity index (χ0v) is 12.8. The lowest BCUT2D eigenvalue weighted by molar-refractivity contribution is -0.131. The van der Waals surface area contributed by atoms with Crippen LogP contribution in [0.25, 0.3) is 0 Å². The lowest BCUT2D eigenvalue weighted by Gasteiger charge is -2.20. The van der Waals surface area contributed by atoms with E-state index in [1.54, 1.807) is 4.90 Å². The van der Waals surface area contributed by atoms with E-state index >= 15 is 0 Å². The second kappa shape index (κ2) is 5.83. The summed E-state index contributed by atoms with van der Waals surface area (Å²) in [5, 5.41) is 3.43. The van der Waals surface area contributed by atoms with Gasteiger partial charge in [-0.2, -0.15) is 0 Å². The van der Waals surface area contributed by atoms with Crippen molar-refractivity contribution in [2.45, 2.75) is 45.3 Å². The molecule has 1 saturated heterocycles. The van der Waals surface area contributed by atoms with Gasteiger partial charge in [-0.25, -0.2) is 0 Å². The van der Waals surface area contributed by atoms with Crippen molar-refractivity contribution in [1.82, 2.24) is 10.2 Å². The number of nitrogens with one attached hydrogen (secondary N) is 1. The van der Waals surface area contributed by atoms with Crippen molar-refractivity contribution < 1.29 is 9.53 Å². The molecule has 1 aliphatic heterocycles. The van der Waals surface area contributed by atoms with Crippen LogP contribution in [0.2, 0.25) is 0 Å². The third kappa shape index (κ3) is 2.66. The minimum Gasteiger partial charge on any atom is -0.494 e. The topological polar surface area (TPSA) is 41.6 Å². The van der Waals surface area contributed by atoms with Gasteiger partial charge in [-0.1, -0.05) is 26.0 Å². The summed E-state index contributed by atoms with van der Waals surface area (Å²) in [6, 6.07) is 7.97. The predicted octanol–water partition coefficient (Wildman–Crippen LogP) is 2.70. The van der Waals surface area contributed by atoms with Crippen LogP contribution < -0.4 is 10.1 Å². The Balaban J connectivity index is 2.14. The maximum absolute atomic E-state index is 12.3. The minimum absolute atomic E-state index is 0.0623. The van der Waals surface area contributed by atoms with Gasteiger partial charge in [-0.05, 0) is 37.5 Å². The average molecular weight is 276 g/mol. The molecule has 0 bridgehead atoms. The second-order valence-corrected chi connectivity index (χ2v) is 5.57. The fourth-order valence-electron chi connectivity index (χ4n) is 2.49. The molecule has 1 aromatic rings. The van der Waals surface area contributed by atoms with Crippen molar-refractivity contribution in [3.63, 3.8) is 0 Å². The summed E-state index contributed by atoms with van der Waals surface area (Å²) in [5.41, 5.74) is 0.624. The summed E-state index contributed by atoms with van der Waals surface area (Å²) in [6.45, 7) is 6.81. The van der Waals surface area contributed by atoms with Gasteiger partial charge < -0.3 is 9.64 Å². The maximum atomic E-state index is 12.3. The molecule has 0 aromatic heterocycles. The number of amides is 1. The largest absolute Gasteiger partial charge is 0.494 e. The van der Waals surface area contributed by atoms with Gasteiger partial charge >= 0.3 is 0 Å². The molecular formula is C16H24N2O2. The van der Waals surface area contributed by atoms with Crippen molar-refractivity contribution in [2.75, 3.05) is 13.7 Å². The number of nitrogens with zero attached hydrogens (tertiary/aromatic N) is 1. The number of hydrogen-bond acceptors (Lipinski definition) is 3. The molecule has 1 aliphatic rings. The molecule has 110 valence electrons. The lowest BCUT2D eigenvalue weighted by Crippen LogP contribution is -2.42. The highest BCUT2D eigenvalue weighted by Gasteiger charge is 2.45. The summed E-state index contributed by atoms with van der Waals surface area (Å²) in [7, 11) is 1.85. The Morgan fingerprint density at radius 3 is 2.45 bits per heavy atom. The molecule has 20 heavy (non-hydrogen) atoms. The SMILES string of the molecule is CCCOc1ccc(C2NC(C)(CC)C(=O)N2C)cc1. The zero-order valence-electron chi connectivity index (χ0n) is 12.8. The summed E-state index contributed by atoms with van der Waals surface area (Å²) >= 11 is 0. The average Bonchev–Trinajstić information content (AvgIpc) is 2.71. The predicted molar refractivity (Wildman–Crippen MR) is 79.6 cm³/mol. The molecule has 1 amide bonds. The molecule has 0 saturated carbocycles. The van der Waals surface area contributed by atoms with E-state index in [0.29, 0.717) is 0 Å². The van der Waals surface area contributed by atoms with E-state index < -0.39 is 5.54 Å². The summed E-state index contributed by atoms with van der Waals surface area (Å²) in [4.78, 5) is 14.1. The van der Waals surface area contributed by atoms with Crippen LogP contribution in [0.1, 0.15) is 45.3 Å². The Morgan fingerprint density at radius 2 is 1.95 bits per heavy atom. The standard InChI is InChI=1S/C16H24N2O2/c1-5-11-20-13-9-7-12(8-10-13)14-17-16(3,6-2)15(19)18(14)4/h7-10,14,17H,5-6,11H2,1-4H3. The van der Waals surface area contributed by atoms with Crippen LogP contribution in [0.3, 0.4) is 0 Å². The van der Waals surface area contributed by atoms with E-state index in [-0.39, 0.29) is 12.1 Å². The van der Waals surface area contributed by atoms with E-state index in [2.05, 4.69) is 12.2 Å². The molecule has 2 rings (SSSR count). The Hall–Kier alpha value is -1.55. The molecule has 0 radical (unpaired) electrons. The number of carbonyl (C=O) groups is 1. The van der Waals surface area contributed by atoms with Crippen molar-refractivity contribution >= 4 is 5.91 Å². The highest BCUT2D eigenvalue weighted by atomic mass is 16.5. The molecule has 0 aliphatic carbocycles. The van der Waals surface area contributed by atoms with Crippen LogP contribution >= 0.6 is 0 Å². The molecule has 1 fully saturated rings. The molecule has 1 N–H and O–H groups in total. The van der Waals surface area contributed by atoms with Crippen LogP contribution in [-0.4, -0.2) is 30.0 Å². The summed E-state index contributed by atoms with van der Waals surface area (Å²) in [6.07, 6.45) is 1.72. The molecule has 0 spiro atoms. The number of likely N-dealkylation sites (N-methyl/N-ethyl adjacent to an activating group) is 1. The number of hydrogen-bond donors (Lipinski definition) is 1. The van der Waals surface area contributed by atoms with Crippen molar-refractivity contribution in [3.05, 3.63) is 29.8 Å². The van der Waals surface area contributed by atoms with Crippen LogP contribution in [-0.2, 0) is 4.79 Å². The molecular weight excluding hydrogens is 252 g/mol.